The summed E-state index contributed by atoms with van der Waals surface area (Å²) < 4.78 is 0. The number of hydrogen-bond acceptors (Lipinski definition) is 5. The van der Waals surface area contributed by atoms with E-state index >= 15 is 0 Å². The third kappa shape index (κ3) is 2.49. The molecule has 124 valence electrons. The fraction of sp³-hybridized carbons (Fsp3) is 0.706. The monoisotopic (exact) mass is 315 g/mol. The zero-order valence-corrected chi connectivity index (χ0v) is 13.7. The molecule has 23 heavy (non-hydrogen) atoms. The summed E-state index contributed by atoms with van der Waals surface area (Å²) in [6, 6.07) is 0. The van der Waals surface area contributed by atoms with E-state index in [0.717, 1.165) is 57.8 Å². The molecule has 2 atom stereocenters. The zero-order chi connectivity index (χ0) is 15.9. The molecule has 1 spiro atoms. The van der Waals surface area contributed by atoms with Crippen LogP contribution in [0, 0.1) is 11.8 Å². The van der Waals surface area contributed by atoms with Crippen LogP contribution < -0.4 is 10.2 Å². The van der Waals surface area contributed by atoms with Gasteiger partial charge in [-0.15, -0.1) is 0 Å². The summed E-state index contributed by atoms with van der Waals surface area (Å²) in [5.74, 6) is 1.90. The first kappa shape index (κ1) is 14.9. The van der Waals surface area contributed by atoms with Crippen LogP contribution in [0.5, 0.6) is 0 Å². The molecule has 0 aromatic carbocycles. The van der Waals surface area contributed by atoms with Crippen LogP contribution in [0.15, 0.2) is 18.6 Å². The van der Waals surface area contributed by atoms with Crippen molar-refractivity contribution >= 4 is 11.7 Å². The molecule has 6 heteroatoms. The highest BCUT2D eigenvalue weighted by molar-refractivity contribution is 5.83. The highest BCUT2D eigenvalue weighted by Crippen LogP contribution is 2.44. The van der Waals surface area contributed by atoms with E-state index in [1.165, 1.54) is 0 Å². The summed E-state index contributed by atoms with van der Waals surface area (Å²) in [4.78, 5) is 25.8. The Morgan fingerprint density at radius 3 is 2.83 bits per heavy atom. The minimum Gasteiger partial charge on any atom is -0.355 e. The average molecular weight is 315 g/mol. The van der Waals surface area contributed by atoms with E-state index in [1.54, 1.807) is 12.4 Å². The first-order chi connectivity index (χ1) is 11.2. The number of carbonyl (C=O) groups is 1. The van der Waals surface area contributed by atoms with Crippen molar-refractivity contribution in [1.82, 2.24) is 20.2 Å². The quantitative estimate of drug-likeness (QED) is 0.898. The average Bonchev–Trinajstić information content (AvgIpc) is 3.10. The molecule has 3 aliphatic heterocycles. The smallest absolute Gasteiger partial charge is 0.225 e. The molecule has 0 unspecified atom stereocenters. The molecule has 3 aliphatic rings. The van der Waals surface area contributed by atoms with Crippen LogP contribution in [0.2, 0.25) is 0 Å². The summed E-state index contributed by atoms with van der Waals surface area (Å²) in [6.45, 7) is 7.22. The number of piperidine rings is 1. The number of aromatic nitrogens is 2. The number of hydrogen-bond donors (Lipinski definition) is 1. The van der Waals surface area contributed by atoms with Crippen molar-refractivity contribution < 1.29 is 4.79 Å². The molecular formula is C17H25N5O. The van der Waals surface area contributed by atoms with Crippen LogP contribution in [0.25, 0.3) is 0 Å². The topological polar surface area (TPSA) is 61.4 Å². The Kier molecular flexibility index (Phi) is 3.71. The molecule has 4 rings (SSSR count). The lowest BCUT2D eigenvalue weighted by Crippen LogP contribution is -2.55. The molecular weight excluding hydrogens is 290 g/mol. The second-order valence-electron chi connectivity index (χ2n) is 7.17. The minimum absolute atomic E-state index is 0.00293. The predicted molar refractivity (Wildman–Crippen MR) is 88.1 cm³/mol. The molecule has 6 nitrogen and oxygen atoms in total. The summed E-state index contributed by atoms with van der Waals surface area (Å²) >= 11 is 0. The van der Waals surface area contributed by atoms with E-state index in [0.29, 0.717) is 5.92 Å². The Morgan fingerprint density at radius 1 is 1.30 bits per heavy atom. The van der Waals surface area contributed by atoms with E-state index < -0.39 is 0 Å². The second-order valence-corrected chi connectivity index (χ2v) is 7.17. The van der Waals surface area contributed by atoms with Crippen LogP contribution in [-0.4, -0.2) is 59.0 Å². The lowest BCUT2D eigenvalue weighted by atomic mass is 9.75. The van der Waals surface area contributed by atoms with Gasteiger partial charge in [-0.05, 0) is 25.8 Å². The van der Waals surface area contributed by atoms with Gasteiger partial charge in [0.1, 0.15) is 5.82 Å². The van der Waals surface area contributed by atoms with Crippen molar-refractivity contribution in [1.29, 1.82) is 0 Å². The standard InChI is InChI=1S/C17H25N5O/c1-2-7-21-11-13-14(12-21)17(20-16(13)23)3-8-22(9-4-17)15-10-18-5-6-19-15/h5-6,10,13-14H,2-4,7-9,11-12H2,1H3,(H,20,23)/t13-,14-/m1/s1. The van der Waals surface area contributed by atoms with Crippen LogP contribution in [0.4, 0.5) is 5.82 Å². The van der Waals surface area contributed by atoms with E-state index in [9.17, 15) is 4.79 Å². The van der Waals surface area contributed by atoms with Gasteiger partial charge in [0.2, 0.25) is 5.91 Å². The Labute approximate surface area is 137 Å². The Bertz CT molecular complexity index is 570. The third-order valence-electron chi connectivity index (χ3n) is 5.88. The maximum atomic E-state index is 12.5. The second kappa shape index (κ2) is 5.74. The number of carbonyl (C=O) groups excluding carboxylic acids is 1. The van der Waals surface area contributed by atoms with Gasteiger partial charge in [0, 0.05) is 50.0 Å². The molecule has 4 heterocycles. The lowest BCUT2D eigenvalue weighted by Gasteiger charge is -2.43. The van der Waals surface area contributed by atoms with Gasteiger partial charge in [-0.25, -0.2) is 4.98 Å². The highest BCUT2D eigenvalue weighted by atomic mass is 16.2. The first-order valence-electron chi connectivity index (χ1n) is 8.77. The predicted octanol–water partition coefficient (Wildman–Crippen LogP) is 0.903. The maximum Gasteiger partial charge on any atom is 0.225 e. The number of anilines is 1. The summed E-state index contributed by atoms with van der Waals surface area (Å²) in [6.07, 6.45) is 8.46. The molecule has 0 saturated carbocycles. The number of nitrogens with one attached hydrogen (secondary N) is 1. The summed E-state index contributed by atoms with van der Waals surface area (Å²) in [5, 5.41) is 3.38. The van der Waals surface area contributed by atoms with E-state index in [4.69, 9.17) is 0 Å². The highest BCUT2D eigenvalue weighted by Gasteiger charge is 2.57. The maximum absolute atomic E-state index is 12.5. The first-order valence-corrected chi connectivity index (χ1v) is 8.77. The van der Waals surface area contributed by atoms with Crippen LogP contribution in [-0.2, 0) is 4.79 Å². The van der Waals surface area contributed by atoms with Gasteiger partial charge >= 0.3 is 0 Å². The van der Waals surface area contributed by atoms with Crippen molar-refractivity contribution in [3.05, 3.63) is 18.6 Å². The van der Waals surface area contributed by atoms with Crippen LogP contribution in [0.1, 0.15) is 26.2 Å². The van der Waals surface area contributed by atoms with Crippen molar-refractivity contribution in [2.24, 2.45) is 11.8 Å². The largest absolute Gasteiger partial charge is 0.355 e. The SMILES string of the molecule is CCCN1C[C@@H]2[C@@H](C1)C(=O)NC21CCN(c2cnccn2)CC1. The number of nitrogens with zero attached hydrogens (tertiary/aromatic N) is 4. The van der Waals surface area contributed by atoms with Crippen LogP contribution in [0.3, 0.4) is 0 Å². The molecule has 1 aromatic rings. The molecule has 1 amide bonds. The van der Waals surface area contributed by atoms with Gasteiger partial charge in [0.25, 0.3) is 0 Å². The fourth-order valence-corrected chi connectivity index (χ4v) is 4.73. The van der Waals surface area contributed by atoms with Crippen molar-refractivity contribution in [2.75, 3.05) is 37.6 Å². The normalized spacial score (nSPS) is 29.8. The van der Waals surface area contributed by atoms with Gasteiger partial charge in [0.05, 0.1) is 12.1 Å². The van der Waals surface area contributed by atoms with Gasteiger partial charge in [-0.2, -0.15) is 0 Å². The number of amides is 1. The van der Waals surface area contributed by atoms with Crippen LogP contribution >= 0.6 is 0 Å². The van der Waals surface area contributed by atoms with Crippen molar-refractivity contribution in [3.8, 4) is 0 Å². The number of rotatable bonds is 3. The fourth-order valence-electron chi connectivity index (χ4n) is 4.73. The Morgan fingerprint density at radius 2 is 2.13 bits per heavy atom. The molecule has 3 saturated heterocycles. The Balaban J connectivity index is 1.47. The lowest BCUT2D eigenvalue weighted by molar-refractivity contribution is -0.123. The summed E-state index contributed by atoms with van der Waals surface area (Å²) in [5.41, 5.74) is 0.00293. The van der Waals surface area contributed by atoms with Crippen molar-refractivity contribution in [3.63, 3.8) is 0 Å². The van der Waals surface area contributed by atoms with Gasteiger partial charge in [0.15, 0.2) is 0 Å². The van der Waals surface area contributed by atoms with Crippen molar-refractivity contribution in [2.45, 2.75) is 31.7 Å². The van der Waals surface area contributed by atoms with E-state index in [2.05, 4.69) is 32.0 Å². The molecule has 0 bridgehead atoms. The molecule has 0 aliphatic carbocycles. The minimum atomic E-state index is 0.00293. The molecule has 1 aromatic heterocycles. The van der Waals surface area contributed by atoms with E-state index in [-0.39, 0.29) is 17.4 Å². The third-order valence-corrected chi connectivity index (χ3v) is 5.88. The summed E-state index contributed by atoms with van der Waals surface area (Å²) in [7, 11) is 0. The van der Waals surface area contributed by atoms with Gasteiger partial charge in [-0.1, -0.05) is 6.92 Å². The molecule has 1 N–H and O–H groups in total. The Hall–Kier alpha value is -1.69. The zero-order valence-electron chi connectivity index (χ0n) is 13.7. The molecule has 0 radical (unpaired) electrons. The number of likely N-dealkylation sites (tertiary alicyclic amines) is 1. The van der Waals surface area contributed by atoms with Gasteiger partial charge < -0.3 is 15.1 Å². The molecule has 3 fully saturated rings. The van der Waals surface area contributed by atoms with E-state index in [1.807, 2.05) is 6.20 Å². The number of fused-ring (bicyclic) bond motifs is 2. The van der Waals surface area contributed by atoms with Gasteiger partial charge in [-0.3, -0.25) is 9.78 Å².